The summed E-state index contributed by atoms with van der Waals surface area (Å²) >= 11 is 0. The molecule has 4 heteroatoms. The number of benzene rings is 5. The minimum atomic E-state index is 1.08. The standard InChI is InChI=1S/C48H60N4/c1-7-29-49(30-8-2)41-19-13-37(14-20-41)39-17-27-47-45(35-39)46-36-40(38-15-21-42(22-16-38)50(31-9-3)32-10-4)18-28-48(46)52(47)44-25-23-43(24-26-44)51(33-11-5)34-12-6/h13-28,35-36H,7-12,29-34H2,1-6H3. The van der Waals surface area contributed by atoms with Crippen LogP contribution in [0.2, 0.25) is 0 Å². The Morgan fingerprint density at radius 3 is 0.942 bits per heavy atom. The molecule has 0 spiro atoms. The Bertz CT molecular complexity index is 1870. The average Bonchev–Trinajstić information content (AvgIpc) is 3.51. The Labute approximate surface area is 313 Å². The number of anilines is 3. The van der Waals surface area contributed by atoms with E-state index in [0.29, 0.717) is 0 Å². The van der Waals surface area contributed by atoms with E-state index in [1.807, 2.05) is 0 Å². The van der Waals surface area contributed by atoms with Crippen LogP contribution >= 0.6 is 0 Å². The van der Waals surface area contributed by atoms with E-state index >= 15 is 0 Å². The molecule has 0 N–H and O–H groups in total. The first-order valence-electron chi connectivity index (χ1n) is 20.2. The van der Waals surface area contributed by atoms with Crippen molar-refractivity contribution in [1.82, 2.24) is 4.57 Å². The van der Waals surface area contributed by atoms with E-state index in [2.05, 4.69) is 170 Å². The van der Waals surface area contributed by atoms with Crippen molar-refractivity contribution in [2.75, 3.05) is 54.0 Å². The quantitative estimate of drug-likeness (QED) is 0.0891. The van der Waals surface area contributed by atoms with Crippen molar-refractivity contribution in [2.24, 2.45) is 0 Å². The molecule has 0 amide bonds. The third kappa shape index (κ3) is 8.02. The van der Waals surface area contributed by atoms with E-state index in [4.69, 9.17) is 0 Å². The van der Waals surface area contributed by atoms with Crippen LogP contribution in [-0.4, -0.2) is 43.8 Å². The van der Waals surface area contributed by atoms with E-state index in [1.54, 1.807) is 0 Å². The molecule has 0 saturated heterocycles. The smallest absolute Gasteiger partial charge is 0.0541 e. The Kier molecular flexibility index (Phi) is 12.6. The van der Waals surface area contributed by atoms with Gasteiger partial charge in [-0.15, -0.1) is 0 Å². The summed E-state index contributed by atoms with van der Waals surface area (Å²) in [6.45, 7) is 20.1. The average molecular weight is 693 g/mol. The van der Waals surface area contributed by atoms with Gasteiger partial charge in [0.25, 0.3) is 0 Å². The molecule has 1 heterocycles. The van der Waals surface area contributed by atoms with Crippen molar-refractivity contribution in [3.8, 4) is 27.9 Å². The van der Waals surface area contributed by atoms with Crippen LogP contribution in [0.1, 0.15) is 80.1 Å². The molecule has 0 saturated carbocycles. The van der Waals surface area contributed by atoms with Crippen molar-refractivity contribution in [3.05, 3.63) is 109 Å². The molecule has 0 atom stereocenters. The molecule has 0 bridgehead atoms. The van der Waals surface area contributed by atoms with Gasteiger partial charge in [0.1, 0.15) is 0 Å². The van der Waals surface area contributed by atoms with Crippen molar-refractivity contribution in [2.45, 2.75) is 80.1 Å². The summed E-state index contributed by atoms with van der Waals surface area (Å²) in [4.78, 5) is 7.53. The van der Waals surface area contributed by atoms with Gasteiger partial charge in [0.15, 0.2) is 0 Å². The molecular weight excluding hydrogens is 633 g/mol. The van der Waals surface area contributed by atoms with Crippen molar-refractivity contribution < 1.29 is 0 Å². The van der Waals surface area contributed by atoms with Gasteiger partial charge in [0, 0.05) is 72.8 Å². The summed E-state index contributed by atoms with van der Waals surface area (Å²) < 4.78 is 2.46. The highest BCUT2D eigenvalue weighted by molar-refractivity contribution is 6.11. The van der Waals surface area contributed by atoms with Crippen LogP contribution in [0.3, 0.4) is 0 Å². The minimum Gasteiger partial charge on any atom is -0.372 e. The van der Waals surface area contributed by atoms with Gasteiger partial charge in [-0.3, -0.25) is 0 Å². The number of fused-ring (bicyclic) bond motifs is 3. The normalized spacial score (nSPS) is 11.4. The molecule has 272 valence electrons. The molecule has 6 aromatic rings. The zero-order valence-electron chi connectivity index (χ0n) is 32.7. The maximum Gasteiger partial charge on any atom is 0.0541 e. The highest BCUT2D eigenvalue weighted by atomic mass is 15.1. The summed E-state index contributed by atoms with van der Waals surface area (Å²) in [5.41, 5.74) is 12.6. The van der Waals surface area contributed by atoms with Crippen LogP contribution < -0.4 is 14.7 Å². The fraction of sp³-hybridized carbons (Fsp3) is 0.375. The van der Waals surface area contributed by atoms with Crippen molar-refractivity contribution >= 4 is 38.9 Å². The lowest BCUT2D eigenvalue weighted by molar-refractivity contribution is 0.745. The fourth-order valence-electron chi connectivity index (χ4n) is 7.93. The van der Waals surface area contributed by atoms with Gasteiger partial charge in [-0.05, 0) is 134 Å². The third-order valence-corrected chi connectivity index (χ3v) is 10.3. The zero-order chi connectivity index (χ0) is 36.5. The van der Waals surface area contributed by atoms with Crippen molar-refractivity contribution in [1.29, 1.82) is 0 Å². The predicted octanol–water partition coefficient (Wildman–Crippen LogP) is 13.0. The molecule has 52 heavy (non-hydrogen) atoms. The molecule has 0 aliphatic rings. The first-order chi connectivity index (χ1) is 25.5. The van der Waals surface area contributed by atoms with Gasteiger partial charge >= 0.3 is 0 Å². The lowest BCUT2D eigenvalue weighted by Gasteiger charge is -2.24. The summed E-state index contributed by atoms with van der Waals surface area (Å²) in [5, 5.41) is 2.57. The highest BCUT2D eigenvalue weighted by Gasteiger charge is 2.16. The summed E-state index contributed by atoms with van der Waals surface area (Å²) in [7, 11) is 0. The molecule has 0 aliphatic carbocycles. The number of hydrogen-bond acceptors (Lipinski definition) is 3. The van der Waals surface area contributed by atoms with Gasteiger partial charge in [0.2, 0.25) is 0 Å². The molecule has 1 aromatic heterocycles. The van der Waals surface area contributed by atoms with Crippen LogP contribution in [-0.2, 0) is 0 Å². The minimum absolute atomic E-state index is 1.08. The number of rotatable bonds is 18. The van der Waals surface area contributed by atoms with Crippen LogP contribution in [0.4, 0.5) is 17.1 Å². The van der Waals surface area contributed by atoms with Crippen LogP contribution in [0.25, 0.3) is 49.7 Å². The second-order valence-corrected chi connectivity index (χ2v) is 14.4. The van der Waals surface area contributed by atoms with E-state index < -0.39 is 0 Å². The largest absolute Gasteiger partial charge is 0.372 e. The van der Waals surface area contributed by atoms with Crippen LogP contribution in [0.15, 0.2) is 109 Å². The molecule has 6 rings (SSSR count). The second-order valence-electron chi connectivity index (χ2n) is 14.4. The SMILES string of the molecule is CCCN(CCC)c1ccc(-c2ccc3c(c2)c2cc(-c4ccc(N(CCC)CCC)cc4)ccc2n3-c2ccc(N(CCC)CCC)cc2)cc1. The highest BCUT2D eigenvalue weighted by Crippen LogP contribution is 2.38. The van der Waals surface area contributed by atoms with Crippen LogP contribution in [0.5, 0.6) is 0 Å². The maximum atomic E-state index is 2.51. The molecule has 4 nitrogen and oxygen atoms in total. The monoisotopic (exact) mass is 692 g/mol. The van der Waals surface area contributed by atoms with Gasteiger partial charge in [-0.25, -0.2) is 0 Å². The van der Waals surface area contributed by atoms with E-state index in [-0.39, 0.29) is 0 Å². The molecule has 0 aliphatic heterocycles. The molecule has 0 radical (unpaired) electrons. The first kappa shape index (κ1) is 37.1. The van der Waals surface area contributed by atoms with E-state index in [1.165, 1.54) is 66.8 Å². The molecule has 0 fully saturated rings. The summed E-state index contributed by atoms with van der Waals surface area (Å²) in [6.07, 6.45) is 6.92. The third-order valence-electron chi connectivity index (χ3n) is 10.3. The lowest BCUT2D eigenvalue weighted by atomic mass is 10.00. The molecule has 0 unspecified atom stereocenters. The summed E-state index contributed by atoms with van der Waals surface area (Å²) in [5.74, 6) is 0. The predicted molar refractivity (Wildman–Crippen MR) is 230 cm³/mol. The second kappa shape index (κ2) is 17.7. The molecule has 5 aromatic carbocycles. The van der Waals surface area contributed by atoms with Gasteiger partial charge in [0.05, 0.1) is 11.0 Å². The topological polar surface area (TPSA) is 14.7 Å². The first-order valence-corrected chi connectivity index (χ1v) is 20.2. The Hall–Kier alpha value is -4.70. The van der Waals surface area contributed by atoms with Gasteiger partial charge in [-0.2, -0.15) is 0 Å². The molecular formula is C48H60N4. The Morgan fingerprint density at radius 1 is 0.346 bits per heavy atom. The Balaban J connectivity index is 1.44. The lowest BCUT2D eigenvalue weighted by Crippen LogP contribution is -2.24. The number of aromatic nitrogens is 1. The maximum absolute atomic E-state index is 2.51. The number of hydrogen-bond donors (Lipinski definition) is 0. The fourth-order valence-corrected chi connectivity index (χ4v) is 7.93. The van der Waals surface area contributed by atoms with E-state index in [9.17, 15) is 0 Å². The number of nitrogens with zero attached hydrogens (tertiary/aromatic N) is 4. The van der Waals surface area contributed by atoms with Crippen LogP contribution in [0, 0.1) is 0 Å². The van der Waals surface area contributed by atoms with E-state index in [0.717, 1.165) is 77.8 Å². The Morgan fingerprint density at radius 2 is 0.635 bits per heavy atom. The zero-order valence-corrected chi connectivity index (χ0v) is 32.7. The summed E-state index contributed by atoms with van der Waals surface area (Å²) in [6, 6.07) is 41.8. The van der Waals surface area contributed by atoms with Crippen molar-refractivity contribution in [3.63, 3.8) is 0 Å². The van der Waals surface area contributed by atoms with Gasteiger partial charge in [-0.1, -0.05) is 77.9 Å². The van der Waals surface area contributed by atoms with Gasteiger partial charge < -0.3 is 19.3 Å².